The van der Waals surface area contributed by atoms with E-state index < -0.39 is 0 Å². The Labute approximate surface area is 107 Å². The van der Waals surface area contributed by atoms with Crippen molar-refractivity contribution in [3.8, 4) is 5.75 Å². The molecule has 0 spiro atoms. The molecule has 2 nitrogen and oxygen atoms in total. The second-order valence-electron chi connectivity index (χ2n) is 5.03. The van der Waals surface area contributed by atoms with Gasteiger partial charge in [0.05, 0.1) is 25.2 Å². The van der Waals surface area contributed by atoms with Crippen molar-refractivity contribution in [2.75, 3.05) is 19.8 Å². The van der Waals surface area contributed by atoms with Gasteiger partial charge in [0, 0.05) is 10.2 Å². The van der Waals surface area contributed by atoms with Gasteiger partial charge >= 0.3 is 0 Å². The SMILES string of the molecule is CCC1(COc2ccc(CC[SiH3])cc2)COC1. The van der Waals surface area contributed by atoms with Crippen LogP contribution in [0.25, 0.3) is 0 Å². The third kappa shape index (κ3) is 3.10. The highest BCUT2D eigenvalue weighted by molar-refractivity contribution is 6.08. The monoisotopic (exact) mass is 250 g/mol. The van der Waals surface area contributed by atoms with Crippen LogP contribution in [0, 0.1) is 5.41 Å². The fourth-order valence-electron chi connectivity index (χ4n) is 2.06. The van der Waals surface area contributed by atoms with E-state index in [9.17, 15) is 0 Å². The molecule has 1 heterocycles. The van der Waals surface area contributed by atoms with Crippen molar-refractivity contribution >= 4 is 10.2 Å². The largest absolute Gasteiger partial charge is 0.493 e. The van der Waals surface area contributed by atoms with Gasteiger partial charge < -0.3 is 9.47 Å². The van der Waals surface area contributed by atoms with Crippen molar-refractivity contribution in [1.29, 1.82) is 0 Å². The van der Waals surface area contributed by atoms with E-state index in [4.69, 9.17) is 9.47 Å². The zero-order valence-electron chi connectivity index (χ0n) is 10.9. The third-order valence-corrected chi connectivity index (χ3v) is 4.07. The molecule has 0 saturated carbocycles. The van der Waals surface area contributed by atoms with Gasteiger partial charge in [-0.1, -0.05) is 25.1 Å². The van der Waals surface area contributed by atoms with E-state index in [-0.39, 0.29) is 5.41 Å². The van der Waals surface area contributed by atoms with Crippen LogP contribution in [-0.4, -0.2) is 30.1 Å². The van der Waals surface area contributed by atoms with Gasteiger partial charge in [0.25, 0.3) is 0 Å². The smallest absolute Gasteiger partial charge is 0.119 e. The summed E-state index contributed by atoms with van der Waals surface area (Å²) in [6.45, 7) is 4.69. The standard InChI is InChI=1S/C14H22O2Si/c1-2-14(9-15-10-14)11-16-13-5-3-12(4-6-13)7-8-17/h3-6H,2,7-11H2,1,17H3. The molecule has 2 rings (SSSR count). The predicted molar refractivity (Wildman–Crippen MR) is 73.9 cm³/mol. The van der Waals surface area contributed by atoms with Crippen molar-refractivity contribution in [2.45, 2.75) is 25.8 Å². The molecule has 1 aliphatic heterocycles. The first-order chi connectivity index (χ1) is 8.28. The summed E-state index contributed by atoms with van der Waals surface area (Å²) in [5.74, 6) is 0.988. The molecule has 0 amide bonds. The summed E-state index contributed by atoms with van der Waals surface area (Å²) in [6.07, 6.45) is 2.34. The molecule has 0 bridgehead atoms. The number of benzene rings is 1. The van der Waals surface area contributed by atoms with E-state index in [0.717, 1.165) is 32.0 Å². The summed E-state index contributed by atoms with van der Waals surface area (Å²) in [6, 6.07) is 9.88. The van der Waals surface area contributed by atoms with Crippen LogP contribution in [0.3, 0.4) is 0 Å². The van der Waals surface area contributed by atoms with Crippen LogP contribution in [-0.2, 0) is 11.2 Å². The highest BCUT2D eigenvalue weighted by Crippen LogP contribution is 2.31. The Morgan fingerprint density at radius 3 is 2.47 bits per heavy atom. The molecule has 0 radical (unpaired) electrons. The molecule has 1 fully saturated rings. The van der Waals surface area contributed by atoms with Crippen LogP contribution in [0.4, 0.5) is 0 Å². The normalized spacial score (nSPS) is 17.7. The van der Waals surface area contributed by atoms with E-state index in [1.807, 2.05) is 0 Å². The summed E-state index contributed by atoms with van der Waals surface area (Å²) in [5, 5.41) is 0. The lowest BCUT2D eigenvalue weighted by molar-refractivity contribution is -0.133. The van der Waals surface area contributed by atoms with Crippen molar-refractivity contribution in [3.63, 3.8) is 0 Å². The molecule has 3 heteroatoms. The van der Waals surface area contributed by atoms with Crippen molar-refractivity contribution in [3.05, 3.63) is 29.8 Å². The molecule has 17 heavy (non-hydrogen) atoms. The van der Waals surface area contributed by atoms with E-state index in [1.165, 1.54) is 28.3 Å². The summed E-state index contributed by atoms with van der Waals surface area (Å²) in [4.78, 5) is 0. The minimum absolute atomic E-state index is 0.272. The van der Waals surface area contributed by atoms with Gasteiger partial charge in [0.1, 0.15) is 5.75 Å². The zero-order valence-corrected chi connectivity index (χ0v) is 12.9. The first kappa shape index (κ1) is 12.6. The molecule has 0 unspecified atom stereocenters. The van der Waals surface area contributed by atoms with E-state index in [1.54, 1.807) is 0 Å². The number of aryl methyl sites for hydroxylation is 1. The van der Waals surface area contributed by atoms with Crippen molar-refractivity contribution < 1.29 is 9.47 Å². The van der Waals surface area contributed by atoms with Crippen LogP contribution in [0.2, 0.25) is 6.04 Å². The van der Waals surface area contributed by atoms with E-state index in [2.05, 4.69) is 31.2 Å². The zero-order chi connectivity index (χ0) is 12.1. The summed E-state index contributed by atoms with van der Waals surface area (Å²) in [5.41, 5.74) is 1.69. The molecular formula is C14H22O2Si. The lowest BCUT2D eigenvalue weighted by Crippen LogP contribution is -2.46. The highest BCUT2D eigenvalue weighted by atomic mass is 28.1. The quantitative estimate of drug-likeness (QED) is 0.717. The molecule has 1 aromatic rings. The van der Waals surface area contributed by atoms with Crippen LogP contribution in [0.1, 0.15) is 18.9 Å². The fraction of sp³-hybridized carbons (Fsp3) is 0.571. The van der Waals surface area contributed by atoms with Crippen molar-refractivity contribution in [2.24, 2.45) is 5.41 Å². The Hall–Kier alpha value is -0.803. The van der Waals surface area contributed by atoms with Crippen molar-refractivity contribution in [1.82, 2.24) is 0 Å². The molecule has 1 aromatic carbocycles. The van der Waals surface area contributed by atoms with Gasteiger partial charge in [0.15, 0.2) is 0 Å². The topological polar surface area (TPSA) is 18.5 Å². The molecule has 1 saturated heterocycles. The molecular weight excluding hydrogens is 228 g/mol. The number of hydrogen-bond donors (Lipinski definition) is 0. The van der Waals surface area contributed by atoms with Crippen LogP contribution < -0.4 is 4.74 Å². The maximum atomic E-state index is 5.87. The average molecular weight is 250 g/mol. The average Bonchev–Trinajstić information content (AvgIpc) is 2.31. The van der Waals surface area contributed by atoms with Crippen LogP contribution in [0.5, 0.6) is 5.75 Å². The Bertz CT molecular complexity index is 338. The van der Waals surface area contributed by atoms with Crippen LogP contribution >= 0.6 is 0 Å². The maximum absolute atomic E-state index is 5.87. The van der Waals surface area contributed by atoms with E-state index in [0.29, 0.717) is 0 Å². The van der Waals surface area contributed by atoms with Gasteiger partial charge in [-0.15, -0.1) is 0 Å². The first-order valence-corrected chi connectivity index (χ1v) is 7.99. The number of ether oxygens (including phenoxy) is 2. The number of rotatable bonds is 6. The van der Waals surface area contributed by atoms with Gasteiger partial charge in [0.2, 0.25) is 0 Å². The molecule has 0 aromatic heterocycles. The third-order valence-electron chi connectivity index (χ3n) is 3.57. The first-order valence-electron chi connectivity index (χ1n) is 6.57. The molecule has 0 aliphatic carbocycles. The summed E-state index contributed by atoms with van der Waals surface area (Å²) in [7, 11) is 1.28. The minimum Gasteiger partial charge on any atom is -0.493 e. The Morgan fingerprint density at radius 1 is 1.29 bits per heavy atom. The second kappa shape index (κ2) is 5.69. The lowest BCUT2D eigenvalue weighted by atomic mass is 9.84. The molecule has 0 N–H and O–H groups in total. The predicted octanol–water partition coefficient (Wildman–Crippen LogP) is 1.82. The maximum Gasteiger partial charge on any atom is 0.119 e. The van der Waals surface area contributed by atoms with Crippen LogP contribution in [0.15, 0.2) is 24.3 Å². The Balaban J connectivity index is 1.86. The van der Waals surface area contributed by atoms with Gasteiger partial charge in [-0.3, -0.25) is 0 Å². The highest BCUT2D eigenvalue weighted by Gasteiger charge is 2.37. The van der Waals surface area contributed by atoms with Gasteiger partial charge in [-0.25, -0.2) is 0 Å². The number of hydrogen-bond acceptors (Lipinski definition) is 2. The van der Waals surface area contributed by atoms with Gasteiger partial charge in [-0.2, -0.15) is 0 Å². The van der Waals surface area contributed by atoms with Gasteiger partial charge in [-0.05, 0) is 30.5 Å². The lowest BCUT2D eigenvalue weighted by Gasteiger charge is -2.40. The Kier molecular flexibility index (Phi) is 4.24. The molecule has 1 aliphatic rings. The molecule has 0 atom stereocenters. The second-order valence-corrected chi connectivity index (χ2v) is 6.03. The Morgan fingerprint density at radius 2 is 2.00 bits per heavy atom. The molecule has 94 valence electrons. The minimum atomic E-state index is 0.272. The summed E-state index contributed by atoms with van der Waals surface area (Å²) < 4.78 is 11.2. The fourth-order valence-corrected chi connectivity index (χ4v) is 2.64. The van der Waals surface area contributed by atoms with E-state index >= 15 is 0 Å². The summed E-state index contributed by atoms with van der Waals surface area (Å²) >= 11 is 0.